The number of halogens is 3. The highest BCUT2D eigenvalue weighted by atomic mass is 19.4. The predicted octanol–water partition coefficient (Wildman–Crippen LogP) is 2.53. The maximum atomic E-state index is 13.6. The first-order valence-electron chi connectivity index (χ1n) is 8.35. The van der Waals surface area contributed by atoms with Gasteiger partial charge in [-0.15, -0.1) is 0 Å². The standard InChI is InChI=1S/C16H21F3N4O2/c1-10-9-11(2)22(20-10)8-7-14(24)23-15(25,16(17,18)19)12-5-3-4-6-13(12)21-23/h9,12,25H,3-8H2,1-2H3. The fraction of sp³-hybridized carbons (Fsp3) is 0.688. The van der Waals surface area contributed by atoms with E-state index in [2.05, 4.69) is 10.2 Å². The minimum atomic E-state index is -4.96. The normalized spacial score (nSPS) is 26.6. The van der Waals surface area contributed by atoms with E-state index in [0.29, 0.717) is 12.8 Å². The largest absolute Gasteiger partial charge is 0.439 e. The number of hydrazone groups is 1. The number of aromatic nitrogens is 2. The average Bonchev–Trinajstić information content (AvgIpc) is 3.02. The van der Waals surface area contributed by atoms with E-state index in [-0.39, 0.29) is 30.1 Å². The Balaban J connectivity index is 1.82. The van der Waals surface area contributed by atoms with E-state index in [1.165, 1.54) is 0 Å². The van der Waals surface area contributed by atoms with Gasteiger partial charge in [0.25, 0.3) is 5.72 Å². The van der Waals surface area contributed by atoms with Crippen LogP contribution in [0.4, 0.5) is 13.2 Å². The van der Waals surface area contributed by atoms with Crippen LogP contribution in [-0.2, 0) is 11.3 Å². The number of hydrogen-bond acceptors (Lipinski definition) is 4. The summed E-state index contributed by atoms with van der Waals surface area (Å²) in [5, 5.41) is 18.8. The van der Waals surface area contributed by atoms with Gasteiger partial charge in [-0.3, -0.25) is 9.48 Å². The molecule has 1 fully saturated rings. The minimum absolute atomic E-state index is 0.137. The molecular weight excluding hydrogens is 337 g/mol. The maximum absolute atomic E-state index is 13.6. The van der Waals surface area contributed by atoms with Crippen LogP contribution in [0.25, 0.3) is 0 Å². The second kappa shape index (κ2) is 6.12. The van der Waals surface area contributed by atoms with Gasteiger partial charge in [-0.1, -0.05) is 6.42 Å². The van der Waals surface area contributed by atoms with Crippen molar-refractivity contribution in [2.45, 2.75) is 64.4 Å². The third kappa shape index (κ3) is 2.94. The van der Waals surface area contributed by atoms with E-state index in [9.17, 15) is 23.1 Å². The van der Waals surface area contributed by atoms with Gasteiger partial charge < -0.3 is 5.11 Å². The Morgan fingerprint density at radius 1 is 1.40 bits per heavy atom. The summed E-state index contributed by atoms with van der Waals surface area (Å²) >= 11 is 0. The summed E-state index contributed by atoms with van der Waals surface area (Å²) in [7, 11) is 0. The van der Waals surface area contributed by atoms with Crippen LogP contribution >= 0.6 is 0 Å². The predicted molar refractivity (Wildman–Crippen MR) is 83.6 cm³/mol. The molecule has 1 aliphatic carbocycles. The highest BCUT2D eigenvalue weighted by Crippen LogP contribution is 2.48. The van der Waals surface area contributed by atoms with E-state index in [1.807, 2.05) is 6.07 Å². The zero-order chi connectivity index (χ0) is 18.4. The first kappa shape index (κ1) is 17.9. The Morgan fingerprint density at radius 2 is 2.12 bits per heavy atom. The summed E-state index contributed by atoms with van der Waals surface area (Å²) in [6.45, 7) is 3.74. The molecule has 2 heterocycles. The molecule has 1 aromatic rings. The minimum Gasteiger partial charge on any atom is -0.362 e. The van der Waals surface area contributed by atoms with Crippen LogP contribution in [0, 0.1) is 19.8 Å². The molecule has 1 amide bonds. The topological polar surface area (TPSA) is 70.7 Å². The quantitative estimate of drug-likeness (QED) is 0.903. The molecule has 2 unspecified atom stereocenters. The lowest BCUT2D eigenvalue weighted by molar-refractivity contribution is -0.317. The second-order valence-electron chi connectivity index (χ2n) is 6.72. The molecule has 1 aromatic heterocycles. The van der Waals surface area contributed by atoms with Gasteiger partial charge in [0.2, 0.25) is 5.91 Å². The fourth-order valence-electron chi connectivity index (χ4n) is 3.67. The molecule has 2 aliphatic rings. The molecule has 138 valence electrons. The number of fused-ring (bicyclic) bond motifs is 1. The number of aryl methyl sites for hydroxylation is 3. The van der Waals surface area contributed by atoms with Gasteiger partial charge in [0.1, 0.15) is 0 Å². The zero-order valence-electron chi connectivity index (χ0n) is 14.2. The molecule has 0 aromatic carbocycles. The van der Waals surface area contributed by atoms with Gasteiger partial charge in [-0.05, 0) is 39.2 Å². The number of alkyl halides is 3. The molecule has 6 nitrogen and oxygen atoms in total. The Bertz CT molecular complexity index is 713. The monoisotopic (exact) mass is 358 g/mol. The lowest BCUT2D eigenvalue weighted by atomic mass is 9.80. The van der Waals surface area contributed by atoms with Crippen molar-refractivity contribution in [3.63, 3.8) is 0 Å². The number of aliphatic hydroxyl groups is 1. The van der Waals surface area contributed by atoms with Crippen LogP contribution in [0.3, 0.4) is 0 Å². The van der Waals surface area contributed by atoms with Crippen molar-refractivity contribution in [2.75, 3.05) is 0 Å². The summed E-state index contributed by atoms with van der Waals surface area (Å²) in [6.07, 6.45) is -3.33. The molecule has 3 rings (SSSR count). The Kier molecular flexibility index (Phi) is 4.38. The molecule has 0 saturated heterocycles. The third-order valence-electron chi connectivity index (χ3n) is 4.91. The highest BCUT2D eigenvalue weighted by molar-refractivity contribution is 5.93. The number of amides is 1. The van der Waals surface area contributed by atoms with Gasteiger partial charge in [0.15, 0.2) is 0 Å². The van der Waals surface area contributed by atoms with Gasteiger partial charge in [0, 0.05) is 17.8 Å². The van der Waals surface area contributed by atoms with Crippen molar-refractivity contribution in [3.05, 3.63) is 17.5 Å². The van der Waals surface area contributed by atoms with E-state index in [4.69, 9.17) is 0 Å². The highest BCUT2D eigenvalue weighted by Gasteiger charge is 2.68. The number of carbonyl (C=O) groups is 1. The lowest BCUT2D eigenvalue weighted by Gasteiger charge is -2.38. The Morgan fingerprint density at radius 3 is 2.72 bits per heavy atom. The Hall–Kier alpha value is -1.90. The van der Waals surface area contributed by atoms with Gasteiger partial charge in [0.05, 0.1) is 18.2 Å². The average molecular weight is 358 g/mol. The second-order valence-corrected chi connectivity index (χ2v) is 6.72. The molecule has 25 heavy (non-hydrogen) atoms. The molecule has 2 atom stereocenters. The molecule has 1 aliphatic heterocycles. The van der Waals surface area contributed by atoms with Crippen molar-refractivity contribution in [1.29, 1.82) is 0 Å². The SMILES string of the molecule is Cc1cc(C)n(CCC(=O)N2N=C3CCCCC3C2(O)C(F)(F)F)n1. The summed E-state index contributed by atoms with van der Waals surface area (Å²) in [6, 6.07) is 1.82. The number of hydrogen-bond donors (Lipinski definition) is 1. The van der Waals surface area contributed by atoms with E-state index in [1.54, 1.807) is 18.5 Å². The van der Waals surface area contributed by atoms with Crippen LogP contribution in [0.2, 0.25) is 0 Å². The number of nitrogens with zero attached hydrogens (tertiary/aromatic N) is 4. The fourth-order valence-corrected chi connectivity index (χ4v) is 3.67. The zero-order valence-corrected chi connectivity index (χ0v) is 14.2. The van der Waals surface area contributed by atoms with Crippen molar-refractivity contribution in [3.8, 4) is 0 Å². The lowest BCUT2D eigenvalue weighted by Crippen LogP contribution is -2.61. The molecule has 0 spiro atoms. The molecule has 1 saturated carbocycles. The molecule has 0 bridgehead atoms. The van der Waals surface area contributed by atoms with Crippen molar-refractivity contribution >= 4 is 11.6 Å². The van der Waals surface area contributed by atoms with E-state index >= 15 is 0 Å². The van der Waals surface area contributed by atoms with Crippen molar-refractivity contribution < 1.29 is 23.1 Å². The van der Waals surface area contributed by atoms with Crippen LogP contribution in [-0.4, -0.2) is 43.4 Å². The van der Waals surface area contributed by atoms with Gasteiger partial charge in [-0.2, -0.15) is 28.4 Å². The van der Waals surface area contributed by atoms with E-state index in [0.717, 1.165) is 17.8 Å². The molecular formula is C16H21F3N4O2. The Labute approximate surface area is 143 Å². The molecule has 0 radical (unpaired) electrons. The van der Waals surface area contributed by atoms with Gasteiger partial charge in [-0.25, -0.2) is 0 Å². The summed E-state index contributed by atoms with van der Waals surface area (Å²) in [4.78, 5) is 12.5. The summed E-state index contributed by atoms with van der Waals surface area (Å²) in [5.41, 5.74) is -1.39. The number of carbonyl (C=O) groups excluding carboxylic acids is 1. The maximum Gasteiger partial charge on any atom is 0.439 e. The first-order valence-corrected chi connectivity index (χ1v) is 8.35. The molecule has 9 heteroatoms. The summed E-state index contributed by atoms with van der Waals surface area (Å²) in [5.74, 6) is -2.02. The van der Waals surface area contributed by atoms with Gasteiger partial charge >= 0.3 is 6.18 Å². The van der Waals surface area contributed by atoms with E-state index < -0.39 is 23.7 Å². The first-order chi connectivity index (χ1) is 11.6. The van der Waals surface area contributed by atoms with Crippen LogP contribution < -0.4 is 0 Å². The third-order valence-corrected chi connectivity index (χ3v) is 4.91. The smallest absolute Gasteiger partial charge is 0.362 e. The van der Waals surface area contributed by atoms with Crippen molar-refractivity contribution in [1.82, 2.24) is 14.8 Å². The van der Waals surface area contributed by atoms with Crippen LogP contribution in [0.15, 0.2) is 11.2 Å². The van der Waals surface area contributed by atoms with Crippen LogP contribution in [0.1, 0.15) is 43.5 Å². The molecule has 1 N–H and O–H groups in total. The summed E-state index contributed by atoms with van der Waals surface area (Å²) < 4.78 is 42.4. The number of rotatable bonds is 3. The van der Waals surface area contributed by atoms with Crippen LogP contribution in [0.5, 0.6) is 0 Å². The van der Waals surface area contributed by atoms with Crippen molar-refractivity contribution in [2.24, 2.45) is 11.0 Å².